The minimum Gasteiger partial charge on any atom is -0.0594 e. The third-order valence-corrected chi connectivity index (χ3v) is 9.15. The van der Waals surface area contributed by atoms with Crippen LogP contribution in [0, 0.1) is 41.4 Å². The Kier molecular flexibility index (Phi) is 14.9. The van der Waals surface area contributed by atoms with Gasteiger partial charge < -0.3 is 0 Å². The van der Waals surface area contributed by atoms with Crippen LogP contribution >= 0.6 is 0 Å². The Balaban J connectivity index is 2.88. The fraction of sp³-hybridized carbons (Fsp3) is 0.931. The van der Waals surface area contributed by atoms with Crippen molar-refractivity contribution in [2.24, 2.45) is 41.4 Å². The zero-order chi connectivity index (χ0) is 26.0. The molecule has 0 spiro atoms. The van der Waals surface area contributed by atoms with Crippen LogP contribution in [-0.2, 0) is 31.2 Å². The second-order valence-electron chi connectivity index (χ2n) is 11.8. The monoisotopic (exact) mass is 517 g/mol. The van der Waals surface area contributed by atoms with Gasteiger partial charge in [0.25, 0.3) is 0 Å². The van der Waals surface area contributed by atoms with Crippen LogP contribution in [0.25, 0.3) is 0 Å². The first kappa shape index (κ1) is 31.9. The van der Waals surface area contributed by atoms with E-state index in [-0.39, 0.29) is 24.1 Å². The van der Waals surface area contributed by atoms with Crippen LogP contribution in [0.15, 0.2) is 0 Å². The van der Waals surface area contributed by atoms with Gasteiger partial charge in [0.2, 0.25) is 0 Å². The van der Waals surface area contributed by atoms with Gasteiger partial charge in [-0.1, -0.05) is 6.92 Å². The van der Waals surface area contributed by atoms with Gasteiger partial charge >= 0.3 is 213 Å². The summed E-state index contributed by atoms with van der Waals surface area (Å²) < 4.78 is 13.6. The van der Waals surface area contributed by atoms with Crippen LogP contribution < -0.4 is 0 Å². The van der Waals surface area contributed by atoms with E-state index in [1.807, 2.05) is 13.8 Å². The molecule has 1 N–H and O–H groups in total. The smallest absolute Gasteiger partial charge is 0.0594 e. The molecule has 5 heteroatoms. The molecule has 7 unspecified atom stereocenters. The Labute approximate surface area is 219 Å². The first-order chi connectivity index (χ1) is 15.9. The topological polar surface area (TPSA) is 55.8 Å². The summed E-state index contributed by atoms with van der Waals surface area (Å²) in [4.78, 5) is 12.9. The van der Waals surface area contributed by atoms with Gasteiger partial charge in [-0.05, 0) is 0 Å². The molecule has 1 aliphatic rings. The average Bonchev–Trinajstić information content (AvgIpc) is 2.75. The Hall–Kier alpha value is -0.156. The van der Waals surface area contributed by atoms with E-state index in [9.17, 15) is 9.90 Å². The van der Waals surface area contributed by atoms with Crippen LogP contribution in [-0.4, -0.2) is 33.8 Å². The van der Waals surface area contributed by atoms with Crippen LogP contribution in [0.2, 0.25) is 0 Å². The van der Waals surface area contributed by atoms with Crippen LogP contribution in [0.4, 0.5) is 0 Å². The van der Waals surface area contributed by atoms with Crippen LogP contribution in [0.1, 0.15) is 114 Å². The number of carbonyl (C=O) groups is 1. The minimum atomic E-state index is -1.04. The molecule has 0 saturated heterocycles. The molecule has 199 valence electrons. The summed E-state index contributed by atoms with van der Waals surface area (Å²) >= 11 is 2.85. The third-order valence-electron chi connectivity index (χ3n) is 7.77. The molecule has 0 heterocycles. The van der Waals surface area contributed by atoms with Crippen molar-refractivity contribution in [2.75, 3.05) is 0 Å². The fourth-order valence-corrected chi connectivity index (χ4v) is 6.43. The number of aliphatic hydroxyl groups is 1. The number of rotatable bonds is 15. The van der Waals surface area contributed by atoms with Gasteiger partial charge in [0.15, 0.2) is 0 Å². The van der Waals surface area contributed by atoms with Gasteiger partial charge in [-0.25, -0.2) is 0 Å². The molecule has 1 saturated carbocycles. The van der Waals surface area contributed by atoms with Crippen molar-refractivity contribution in [3.8, 4) is 0 Å². The van der Waals surface area contributed by atoms with Gasteiger partial charge in [-0.2, -0.15) is 0 Å². The number of hydrogen-bond acceptors (Lipinski definition) is 4. The van der Waals surface area contributed by atoms with Gasteiger partial charge in [0, 0.05) is 0 Å². The Bertz CT molecular complexity index is 599. The van der Waals surface area contributed by atoms with Crippen LogP contribution in [0.3, 0.4) is 0 Å². The molecule has 0 aromatic heterocycles. The fourth-order valence-electron chi connectivity index (χ4n) is 6.07. The van der Waals surface area contributed by atoms with Crippen molar-refractivity contribution >= 4 is 10.2 Å². The second-order valence-corrected chi connectivity index (χ2v) is 12.6. The Morgan fingerprint density at radius 2 is 1.56 bits per heavy atom. The van der Waals surface area contributed by atoms with Gasteiger partial charge in [-0.3, -0.25) is 0 Å². The molecule has 0 amide bonds. The predicted molar refractivity (Wildman–Crippen MR) is 138 cm³/mol. The van der Waals surface area contributed by atoms with E-state index >= 15 is 0 Å². The normalized spacial score (nSPS) is 27.1. The van der Waals surface area contributed by atoms with E-state index in [0.29, 0.717) is 36.0 Å². The van der Waals surface area contributed by atoms with Gasteiger partial charge in [0.05, 0.1) is 0 Å². The van der Waals surface area contributed by atoms with Crippen LogP contribution in [0.5, 0.6) is 0 Å². The summed E-state index contributed by atoms with van der Waals surface area (Å²) in [6.45, 7) is 19.9. The molecule has 0 aliphatic heterocycles. The number of ether oxygens (including phenoxy) is 2. The molecule has 0 bridgehead atoms. The summed E-state index contributed by atoms with van der Waals surface area (Å²) in [7, 11) is 0. The summed E-state index contributed by atoms with van der Waals surface area (Å²) in [6.07, 6.45) is 7.35. The number of carbonyl (C=O) groups excluding carboxylic acids is 1. The molecule has 1 fully saturated rings. The molecule has 34 heavy (non-hydrogen) atoms. The molecule has 0 aromatic rings. The molecule has 4 nitrogen and oxygen atoms in total. The molecule has 0 radical (unpaired) electrons. The summed E-state index contributed by atoms with van der Waals surface area (Å²) in [6, 6.07) is 0. The molecular formula is C29H54O4V. The van der Waals surface area contributed by atoms with E-state index in [4.69, 9.17) is 9.47 Å². The zero-order valence-electron chi connectivity index (χ0n) is 23.5. The van der Waals surface area contributed by atoms with Crippen molar-refractivity contribution in [3.05, 3.63) is 0 Å². The third kappa shape index (κ3) is 10.8. The number of hydrogen-bond donors (Lipinski definition) is 1. The van der Waals surface area contributed by atoms with E-state index in [2.05, 4.69) is 65.4 Å². The molecule has 0 aromatic carbocycles. The summed E-state index contributed by atoms with van der Waals surface area (Å²) in [5.74, 6) is 2.55. The maximum atomic E-state index is 12.9. The van der Waals surface area contributed by atoms with Gasteiger partial charge in [-0.15, -0.1) is 0 Å². The molecule has 10 atom stereocenters. The SMILES string of the molecule is CCC[C@@H](C)[C](=[V])[C@H](C)CC(C)CC(C)C(OC1CC(C)C[C@@H](C)C1)C(C)C(=O)OC(O)CC. The van der Waals surface area contributed by atoms with Crippen molar-refractivity contribution in [1.82, 2.24) is 0 Å². The second kappa shape index (κ2) is 15.8. The number of aliphatic hydroxyl groups excluding tert-OH is 1. The quantitative estimate of drug-likeness (QED) is 0.189. The molecule has 1 aliphatic carbocycles. The Morgan fingerprint density at radius 3 is 2.09 bits per heavy atom. The maximum absolute atomic E-state index is 12.9. The van der Waals surface area contributed by atoms with Gasteiger partial charge in [0.1, 0.15) is 0 Å². The van der Waals surface area contributed by atoms with E-state index in [0.717, 1.165) is 25.7 Å². The minimum absolute atomic E-state index is 0.189. The molecular weight excluding hydrogens is 463 g/mol. The molecule has 1 rings (SSSR count). The first-order valence-corrected chi connectivity index (χ1v) is 14.7. The van der Waals surface area contributed by atoms with Crippen molar-refractivity contribution in [2.45, 2.75) is 132 Å². The summed E-state index contributed by atoms with van der Waals surface area (Å²) in [5.41, 5.74) is 0. The van der Waals surface area contributed by atoms with E-state index in [1.165, 1.54) is 19.3 Å². The summed E-state index contributed by atoms with van der Waals surface area (Å²) in [5, 5.41) is 9.88. The van der Waals surface area contributed by atoms with E-state index < -0.39 is 12.2 Å². The standard InChI is InChI=1S/C29H54O4.V/c1-10-12-19(3)13-20(4)14-21(5)16-24(8)28(25(9)29(31)33-27(30)11-2)32-26-17-22(6)15-23(7)18-26;/h19-28,30H,10-12,14-18H2,1-9H3;/t19-,20+,21?,22-,23?,24?,25?,26?,27?,28?;/m1./s1. The van der Waals surface area contributed by atoms with E-state index in [1.54, 1.807) is 4.23 Å². The first-order valence-electron chi connectivity index (χ1n) is 14.0. The van der Waals surface area contributed by atoms with Crippen molar-refractivity contribution in [1.29, 1.82) is 0 Å². The Morgan fingerprint density at radius 1 is 0.971 bits per heavy atom. The number of esters is 1. The van der Waals surface area contributed by atoms with Crippen molar-refractivity contribution in [3.63, 3.8) is 0 Å². The average molecular weight is 518 g/mol. The zero-order valence-corrected chi connectivity index (χ0v) is 24.9. The van der Waals surface area contributed by atoms with Crippen molar-refractivity contribution < 1.29 is 36.4 Å². The predicted octanol–water partition coefficient (Wildman–Crippen LogP) is 6.95.